The molecule has 0 atom stereocenters. The molecule has 2 nitrogen and oxygen atoms in total. The molecule has 13 heavy (non-hydrogen) atoms. The molecule has 1 aromatic rings. The minimum absolute atomic E-state index is 0.528. The number of hydrogen-bond acceptors (Lipinski definition) is 2. The SMILES string of the molecule is CO/N=C/c1c(Cl)cc(Cl)cc1Br. The highest BCUT2D eigenvalue weighted by atomic mass is 79.9. The Morgan fingerprint density at radius 2 is 2.15 bits per heavy atom. The first-order chi connectivity index (χ1) is 6.15. The van der Waals surface area contributed by atoms with Crippen LogP contribution in [0.3, 0.4) is 0 Å². The number of benzene rings is 1. The summed E-state index contributed by atoms with van der Waals surface area (Å²) in [7, 11) is 1.47. The second kappa shape index (κ2) is 4.84. The van der Waals surface area contributed by atoms with Gasteiger partial charge in [-0.1, -0.05) is 44.3 Å². The van der Waals surface area contributed by atoms with Gasteiger partial charge in [0.2, 0.25) is 0 Å². The Balaban J connectivity index is 3.13. The third-order valence-corrected chi connectivity index (χ3v) is 2.52. The lowest BCUT2D eigenvalue weighted by molar-refractivity contribution is 0.215. The molecular weight excluding hydrogens is 277 g/mol. The van der Waals surface area contributed by atoms with Gasteiger partial charge < -0.3 is 4.84 Å². The topological polar surface area (TPSA) is 21.6 Å². The number of hydrogen-bond donors (Lipinski definition) is 0. The highest BCUT2D eigenvalue weighted by Gasteiger charge is 2.04. The molecule has 0 aromatic heterocycles. The Hall–Kier alpha value is -0.250. The molecule has 0 aliphatic carbocycles. The predicted octanol–water partition coefficient (Wildman–Crippen LogP) is 3.74. The summed E-state index contributed by atoms with van der Waals surface area (Å²) >= 11 is 15.0. The monoisotopic (exact) mass is 281 g/mol. The van der Waals surface area contributed by atoms with Crippen molar-refractivity contribution in [3.8, 4) is 0 Å². The molecule has 0 saturated carbocycles. The maximum atomic E-state index is 5.91. The summed E-state index contributed by atoms with van der Waals surface area (Å²) in [5.74, 6) is 0. The zero-order valence-corrected chi connectivity index (χ0v) is 9.82. The maximum absolute atomic E-state index is 5.91. The van der Waals surface area contributed by atoms with Gasteiger partial charge >= 0.3 is 0 Å². The Bertz CT molecular complexity index is 318. The van der Waals surface area contributed by atoms with Gasteiger partial charge in [0, 0.05) is 15.1 Å². The lowest BCUT2D eigenvalue weighted by Crippen LogP contribution is -1.86. The molecule has 0 aliphatic rings. The van der Waals surface area contributed by atoms with Gasteiger partial charge in [0.05, 0.1) is 11.2 Å². The Kier molecular flexibility index (Phi) is 4.03. The molecule has 0 bridgehead atoms. The van der Waals surface area contributed by atoms with Gasteiger partial charge in [-0.25, -0.2) is 0 Å². The second-order valence-corrected chi connectivity index (χ2v) is 3.90. The van der Waals surface area contributed by atoms with Crippen molar-refractivity contribution in [3.63, 3.8) is 0 Å². The normalized spacial score (nSPS) is 10.8. The fourth-order valence-corrected chi connectivity index (χ4v) is 2.13. The van der Waals surface area contributed by atoms with Crippen molar-refractivity contribution in [2.45, 2.75) is 0 Å². The smallest absolute Gasteiger partial charge is 0.106 e. The molecule has 0 unspecified atom stereocenters. The summed E-state index contributed by atoms with van der Waals surface area (Å²) in [6, 6.07) is 3.38. The fourth-order valence-electron chi connectivity index (χ4n) is 0.782. The molecule has 1 aromatic carbocycles. The van der Waals surface area contributed by atoms with Crippen LogP contribution in [-0.2, 0) is 4.84 Å². The van der Waals surface area contributed by atoms with Crippen LogP contribution < -0.4 is 0 Å². The van der Waals surface area contributed by atoms with E-state index in [-0.39, 0.29) is 0 Å². The van der Waals surface area contributed by atoms with Crippen LogP contribution in [0.25, 0.3) is 0 Å². The third-order valence-electron chi connectivity index (χ3n) is 1.33. The minimum Gasteiger partial charge on any atom is -0.399 e. The van der Waals surface area contributed by atoms with Crippen LogP contribution >= 0.6 is 39.1 Å². The summed E-state index contributed by atoms with van der Waals surface area (Å²) in [5, 5.41) is 4.71. The first-order valence-electron chi connectivity index (χ1n) is 3.36. The van der Waals surface area contributed by atoms with Crippen molar-refractivity contribution in [3.05, 3.63) is 32.2 Å². The van der Waals surface area contributed by atoms with Crippen molar-refractivity contribution in [2.75, 3.05) is 7.11 Å². The van der Waals surface area contributed by atoms with Crippen molar-refractivity contribution < 1.29 is 4.84 Å². The van der Waals surface area contributed by atoms with Gasteiger partial charge in [0.1, 0.15) is 7.11 Å². The molecule has 0 heterocycles. The molecule has 0 N–H and O–H groups in total. The minimum atomic E-state index is 0.528. The van der Waals surface area contributed by atoms with Gasteiger partial charge in [-0.05, 0) is 12.1 Å². The molecule has 0 saturated heterocycles. The molecule has 0 spiro atoms. The molecule has 5 heteroatoms. The Morgan fingerprint density at radius 3 is 2.69 bits per heavy atom. The van der Waals surface area contributed by atoms with Crippen LogP contribution in [-0.4, -0.2) is 13.3 Å². The average molecular weight is 283 g/mol. The van der Waals surface area contributed by atoms with E-state index in [4.69, 9.17) is 23.2 Å². The van der Waals surface area contributed by atoms with Gasteiger partial charge in [-0.2, -0.15) is 0 Å². The van der Waals surface area contributed by atoms with Gasteiger partial charge in [0.15, 0.2) is 0 Å². The van der Waals surface area contributed by atoms with Crippen molar-refractivity contribution in [1.29, 1.82) is 0 Å². The Morgan fingerprint density at radius 1 is 1.46 bits per heavy atom. The molecule has 0 aliphatic heterocycles. The van der Waals surface area contributed by atoms with Crippen molar-refractivity contribution in [2.24, 2.45) is 5.16 Å². The van der Waals surface area contributed by atoms with Crippen molar-refractivity contribution >= 4 is 45.3 Å². The lowest BCUT2D eigenvalue weighted by Gasteiger charge is -2.01. The quantitative estimate of drug-likeness (QED) is 0.598. The van der Waals surface area contributed by atoms with Crippen LogP contribution in [0.5, 0.6) is 0 Å². The summed E-state index contributed by atoms with van der Waals surface area (Å²) in [6.07, 6.45) is 1.52. The van der Waals surface area contributed by atoms with E-state index < -0.39 is 0 Å². The second-order valence-electron chi connectivity index (χ2n) is 2.20. The lowest BCUT2D eigenvalue weighted by atomic mass is 10.2. The molecule has 1 rings (SSSR count). The van der Waals surface area contributed by atoms with Crippen LogP contribution in [0.15, 0.2) is 21.8 Å². The first kappa shape index (κ1) is 10.8. The number of oxime groups is 1. The van der Waals surface area contributed by atoms with Gasteiger partial charge in [-0.15, -0.1) is 0 Å². The first-order valence-corrected chi connectivity index (χ1v) is 4.91. The summed E-state index contributed by atoms with van der Waals surface area (Å²) < 4.78 is 0.783. The summed E-state index contributed by atoms with van der Waals surface area (Å²) in [5.41, 5.74) is 0.743. The zero-order chi connectivity index (χ0) is 9.84. The van der Waals surface area contributed by atoms with E-state index in [2.05, 4.69) is 25.9 Å². The average Bonchev–Trinajstić information content (AvgIpc) is 2.02. The summed E-state index contributed by atoms with van der Waals surface area (Å²) in [6.45, 7) is 0. The molecular formula is C8H6BrCl2NO. The van der Waals surface area contributed by atoms with Crippen molar-refractivity contribution in [1.82, 2.24) is 0 Å². The van der Waals surface area contributed by atoms with Crippen LogP contribution in [0.1, 0.15) is 5.56 Å². The van der Waals surface area contributed by atoms with Gasteiger partial charge in [-0.3, -0.25) is 0 Å². The fraction of sp³-hybridized carbons (Fsp3) is 0.125. The highest BCUT2D eigenvalue weighted by Crippen LogP contribution is 2.27. The molecule has 0 radical (unpaired) electrons. The molecule has 0 fully saturated rings. The van der Waals surface area contributed by atoms with Crippen LogP contribution in [0.2, 0.25) is 10.0 Å². The third kappa shape index (κ3) is 2.86. The largest absolute Gasteiger partial charge is 0.399 e. The number of halogens is 3. The molecule has 0 amide bonds. The van der Waals surface area contributed by atoms with Crippen LogP contribution in [0.4, 0.5) is 0 Å². The van der Waals surface area contributed by atoms with Crippen LogP contribution in [0, 0.1) is 0 Å². The Labute approximate surface area is 94.6 Å². The van der Waals surface area contributed by atoms with E-state index in [0.29, 0.717) is 10.0 Å². The van der Waals surface area contributed by atoms with E-state index in [0.717, 1.165) is 10.0 Å². The number of rotatable bonds is 2. The standard InChI is InChI=1S/C8H6BrCl2NO/c1-13-12-4-6-7(9)2-5(10)3-8(6)11/h2-4H,1H3/b12-4+. The maximum Gasteiger partial charge on any atom is 0.106 e. The van der Waals surface area contributed by atoms with E-state index in [1.165, 1.54) is 13.3 Å². The highest BCUT2D eigenvalue weighted by molar-refractivity contribution is 9.10. The number of nitrogens with zero attached hydrogens (tertiary/aromatic N) is 1. The molecule has 70 valence electrons. The summed E-state index contributed by atoms with van der Waals surface area (Å²) in [4.78, 5) is 4.54. The predicted molar refractivity (Wildman–Crippen MR) is 58.8 cm³/mol. The van der Waals surface area contributed by atoms with Gasteiger partial charge in [0.25, 0.3) is 0 Å². The van der Waals surface area contributed by atoms with E-state index in [9.17, 15) is 0 Å². The van der Waals surface area contributed by atoms with E-state index in [1.54, 1.807) is 12.1 Å². The zero-order valence-electron chi connectivity index (χ0n) is 6.72. The van der Waals surface area contributed by atoms with E-state index in [1.807, 2.05) is 0 Å². The van der Waals surface area contributed by atoms with E-state index >= 15 is 0 Å².